The van der Waals surface area contributed by atoms with Gasteiger partial charge in [0.1, 0.15) is 11.7 Å². The zero-order valence-corrected chi connectivity index (χ0v) is 19.4. The van der Waals surface area contributed by atoms with Crippen molar-refractivity contribution in [1.82, 2.24) is 5.32 Å². The number of amides is 1. The standard InChI is InChI=1S/C25H23N3O5S/c1-16(17-7-4-3-5-8-17)27-25(30)22-15-26-23-12-11-20(14-21(23)24(22)29)34(31,32)28-18-9-6-10-19(13-18)33-2/h3-16,22,28H,1-2H3,(H,27,30). The number of methoxy groups -OCH3 is 1. The Hall–Kier alpha value is -3.98. The number of anilines is 1. The Morgan fingerprint density at radius 3 is 2.53 bits per heavy atom. The third kappa shape index (κ3) is 4.84. The van der Waals surface area contributed by atoms with Crippen molar-refractivity contribution in [3.8, 4) is 5.75 Å². The van der Waals surface area contributed by atoms with E-state index >= 15 is 0 Å². The van der Waals surface area contributed by atoms with Crippen LogP contribution >= 0.6 is 0 Å². The molecule has 1 aliphatic heterocycles. The highest BCUT2D eigenvalue weighted by atomic mass is 32.2. The Morgan fingerprint density at radius 2 is 1.79 bits per heavy atom. The maximum atomic E-state index is 13.1. The summed E-state index contributed by atoms with van der Waals surface area (Å²) in [6, 6.07) is 19.6. The lowest BCUT2D eigenvalue weighted by Gasteiger charge is -2.21. The molecule has 0 fully saturated rings. The SMILES string of the molecule is COc1cccc(NS(=O)(=O)c2ccc3c(c2)C(=O)C(C(=O)NC(C)c2ccccc2)C=N3)c1. The number of fused-ring (bicyclic) bond motifs is 1. The van der Waals surface area contributed by atoms with Crippen LogP contribution in [0.1, 0.15) is 28.9 Å². The van der Waals surface area contributed by atoms with Gasteiger partial charge in [-0.25, -0.2) is 8.42 Å². The van der Waals surface area contributed by atoms with Crippen LogP contribution in [-0.2, 0) is 14.8 Å². The van der Waals surface area contributed by atoms with Gasteiger partial charge in [0.05, 0.1) is 29.4 Å². The van der Waals surface area contributed by atoms with Crippen LogP contribution < -0.4 is 14.8 Å². The highest BCUT2D eigenvalue weighted by molar-refractivity contribution is 7.92. The van der Waals surface area contributed by atoms with E-state index in [0.717, 1.165) is 5.56 Å². The van der Waals surface area contributed by atoms with Crippen LogP contribution in [0.5, 0.6) is 5.75 Å². The Labute approximate surface area is 197 Å². The van der Waals surface area contributed by atoms with Gasteiger partial charge in [-0.3, -0.25) is 19.3 Å². The summed E-state index contributed by atoms with van der Waals surface area (Å²) < 4.78 is 33.5. The van der Waals surface area contributed by atoms with E-state index in [0.29, 0.717) is 17.1 Å². The van der Waals surface area contributed by atoms with Gasteiger partial charge in [0, 0.05) is 17.8 Å². The molecular weight excluding hydrogens is 454 g/mol. The summed E-state index contributed by atoms with van der Waals surface area (Å²) in [6.45, 7) is 1.82. The molecule has 2 N–H and O–H groups in total. The minimum absolute atomic E-state index is 0.0727. The number of rotatable bonds is 7. The fourth-order valence-electron chi connectivity index (χ4n) is 3.60. The van der Waals surface area contributed by atoms with Crippen LogP contribution in [0, 0.1) is 5.92 Å². The summed E-state index contributed by atoms with van der Waals surface area (Å²) in [4.78, 5) is 30.0. The molecular formula is C25H23N3O5S. The maximum absolute atomic E-state index is 13.1. The fourth-order valence-corrected chi connectivity index (χ4v) is 4.67. The van der Waals surface area contributed by atoms with Crippen LogP contribution in [0.4, 0.5) is 11.4 Å². The topological polar surface area (TPSA) is 114 Å². The number of Topliss-reactive ketones (excluding diaryl/α,β-unsaturated/α-hetero) is 1. The van der Waals surface area contributed by atoms with E-state index in [9.17, 15) is 18.0 Å². The number of hydrogen-bond acceptors (Lipinski definition) is 6. The Morgan fingerprint density at radius 1 is 1.03 bits per heavy atom. The third-order valence-electron chi connectivity index (χ3n) is 5.45. The summed E-state index contributed by atoms with van der Waals surface area (Å²) in [7, 11) is -2.52. The second-order valence-corrected chi connectivity index (χ2v) is 9.46. The molecule has 3 aromatic carbocycles. The molecule has 2 atom stereocenters. The molecule has 9 heteroatoms. The van der Waals surface area contributed by atoms with E-state index in [4.69, 9.17) is 4.74 Å². The molecule has 1 amide bonds. The van der Waals surface area contributed by atoms with Gasteiger partial charge in [-0.1, -0.05) is 36.4 Å². The molecule has 4 rings (SSSR count). The first-order valence-electron chi connectivity index (χ1n) is 10.5. The lowest BCUT2D eigenvalue weighted by atomic mass is 9.93. The number of ether oxygens (including phenoxy) is 1. The second kappa shape index (κ2) is 9.48. The van der Waals surface area contributed by atoms with E-state index < -0.39 is 27.6 Å². The van der Waals surface area contributed by atoms with Crippen LogP contribution in [0.2, 0.25) is 0 Å². The summed E-state index contributed by atoms with van der Waals surface area (Å²) in [6.07, 6.45) is 1.29. The van der Waals surface area contributed by atoms with E-state index in [1.165, 1.54) is 31.5 Å². The number of sulfonamides is 1. The largest absolute Gasteiger partial charge is 0.497 e. The number of nitrogens with zero attached hydrogens (tertiary/aromatic N) is 1. The first-order valence-corrected chi connectivity index (χ1v) is 12.0. The number of hydrogen-bond donors (Lipinski definition) is 2. The Bertz CT molecular complexity index is 1370. The van der Waals surface area contributed by atoms with Gasteiger partial charge >= 0.3 is 0 Å². The molecule has 0 spiro atoms. The monoisotopic (exact) mass is 477 g/mol. The van der Waals surface area contributed by atoms with Gasteiger partial charge in [0.15, 0.2) is 5.78 Å². The van der Waals surface area contributed by atoms with Crippen molar-refractivity contribution in [1.29, 1.82) is 0 Å². The predicted octanol–water partition coefficient (Wildman–Crippen LogP) is 3.89. The molecule has 0 saturated heterocycles. The molecule has 0 saturated carbocycles. The van der Waals surface area contributed by atoms with Crippen LogP contribution in [-0.4, -0.2) is 33.4 Å². The smallest absolute Gasteiger partial charge is 0.261 e. The summed E-state index contributed by atoms with van der Waals surface area (Å²) in [5.74, 6) is -1.67. The zero-order valence-electron chi connectivity index (χ0n) is 18.6. The average molecular weight is 478 g/mol. The molecule has 1 heterocycles. The molecule has 34 heavy (non-hydrogen) atoms. The van der Waals surface area contributed by atoms with Crippen molar-refractivity contribution in [3.63, 3.8) is 0 Å². The maximum Gasteiger partial charge on any atom is 0.261 e. The number of carbonyl (C=O) groups excluding carboxylic acids is 2. The van der Waals surface area contributed by atoms with Crippen molar-refractivity contribution in [2.24, 2.45) is 10.9 Å². The van der Waals surface area contributed by atoms with Crippen molar-refractivity contribution < 1.29 is 22.7 Å². The molecule has 1 aliphatic rings. The molecule has 0 aliphatic carbocycles. The van der Waals surface area contributed by atoms with E-state index in [2.05, 4.69) is 15.0 Å². The first-order chi connectivity index (χ1) is 16.3. The molecule has 0 bridgehead atoms. The number of nitrogens with one attached hydrogen (secondary N) is 2. The highest BCUT2D eigenvalue weighted by Crippen LogP contribution is 2.30. The molecule has 3 aromatic rings. The lowest BCUT2D eigenvalue weighted by Crippen LogP contribution is -2.38. The minimum atomic E-state index is -4.00. The number of carbonyl (C=O) groups is 2. The van der Waals surface area contributed by atoms with Crippen LogP contribution in [0.3, 0.4) is 0 Å². The van der Waals surface area contributed by atoms with E-state index in [1.807, 2.05) is 37.3 Å². The van der Waals surface area contributed by atoms with E-state index in [-0.39, 0.29) is 16.5 Å². The van der Waals surface area contributed by atoms with Gasteiger partial charge < -0.3 is 10.1 Å². The Balaban J connectivity index is 1.55. The van der Waals surface area contributed by atoms with Crippen molar-refractivity contribution in [2.45, 2.75) is 17.9 Å². The second-order valence-electron chi connectivity index (χ2n) is 7.78. The number of aliphatic imine (C=N–C) groups is 1. The minimum Gasteiger partial charge on any atom is -0.497 e. The van der Waals surface area contributed by atoms with Crippen molar-refractivity contribution >= 4 is 39.3 Å². The van der Waals surface area contributed by atoms with Gasteiger partial charge in [0.2, 0.25) is 5.91 Å². The van der Waals surface area contributed by atoms with Crippen LogP contribution in [0.15, 0.2) is 82.7 Å². The normalized spacial score (nSPS) is 15.8. The van der Waals surface area contributed by atoms with Gasteiger partial charge in [-0.05, 0) is 42.8 Å². The van der Waals surface area contributed by atoms with Crippen molar-refractivity contribution in [3.05, 3.63) is 83.9 Å². The molecule has 0 radical (unpaired) electrons. The lowest BCUT2D eigenvalue weighted by molar-refractivity contribution is -0.122. The quantitative estimate of drug-likeness (QED) is 0.501. The number of ketones is 1. The first kappa shape index (κ1) is 23.2. The van der Waals surface area contributed by atoms with E-state index in [1.54, 1.807) is 24.3 Å². The predicted molar refractivity (Wildman–Crippen MR) is 129 cm³/mol. The summed E-state index contributed by atoms with van der Waals surface area (Å²) in [5, 5.41) is 2.82. The van der Waals surface area contributed by atoms with Crippen molar-refractivity contribution in [2.75, 3.05) is 11.8 Å². The zero-order chi connectivity index (χ0) is 24.3. The molecule has 8 nitrogen and oxygen atoms in total. The van der Waals surface area contributed by atoms with Gasteiger partial charge in [-0.2, -0.15) is 0 Å². The third-order valence-corrected chi connectivity index (χ3v) is 6.83. The molecule has 0 aromatic heterocycles. The van der Waals surface area contributed by atoms with Gasteiger partial charge in [-0.15, -0.1) is 0 Å². The van der Waals surface area contributed by atoms with Crippen LogP contribution in [0.25, 0.3) is 0 Å². The summed E-state index contributed by atoms with van der Waals surface area (Å²) >= 11 is 0. The molecule has 2 unspecified atom stereocenters. The number of benzene rings is 3. The molecule has 174 valence electrons. The highest BCUT2D eigenvalue weighted by Gasteiger charge is 2.32. The van der Waals surface area contributed by atoms with Gasteiger partial charge in [0.25, 0.3) is 10.0 Å². The average Bonchev–Trinajstić information content (AvgIpc) is 2.84. The summed E-state index contributed by atoms with van der Waals surface area (Å²) in [5.41, 5.74) is 1.59. The Kier molecular flexibility index (Phi) is 6.47. The fraction of sp³-hybridized carbons (Fsp3) is 0.160.